The molecule has 1 aliphatic heterocycles. The number of fused-ring (bicyclic) bond motifs is 1. The van der Waals surface area contributed by atoms with Gasteiger partial charge in [0.2, 0.25) is 0 Å². The number of quaternary nitrogens is 1. The van der Waals surface area contributed by atoms with Crippen molar-refractivity contribution in [1.29, 1.82) is 0 Å². The topological polar surface area (TPSA) is 47.1 Å². The summed E-state index contributed by atoms with van der Waals surface area (Å²) in [6.07, 6.45) is 0. The van der Waals surface area contributed by atoms with E-state index >= 15 is 0 Å². The third-order valence-electron chi connectivity index (χ3n) is 4.97. The maximum Gasteiger partial charge on any atom is 0.290 e. The van der Waals surface area contributed by atoms with Gasteiger partial charge in [-0.2, -0.15) is 11.3 Å². The highest BCUT2D eigenvalue weighted by molar-refractivity contribution is 7.07. The van der Waals surface area contributed by atoms with E-state index in [1.54, 1.807) is 18.4 Å². The summed E-state index contributed by atoms with van der Waals surface area (Å²) in [4.78, 5) is 16.5. The Labute approximate surface area is 156 Å². The molecule has 5 nitrogen and oxygen atoms in total. The van der Waals surface area contributed by atoms with Gasteiger partial charge in [0.1, 0.15) is 12.1 Å². The average molecular weight is 371 g/mol. The van der Waals surface area contributed by atoms with Crippen LogP contribution < -0.4 is 4.90 Å². The number of hydrogen-bond donors (Lipinski definition) is 1. The number of nitrogens with zero attached hydrogens (tertiary/aromatic N) is 1. The van der Waals surface area contributed by atoms with Crippen molar-refractivity contribution in [2.45, 2.75) is 13.2 Å². The van der Waals surface area contributed by atoms with Gasteiger partial charge >= 0.3 is 0 Å². The summed E-state index contributed by atoms with van der Waals surface area (Å²) in [5.41, 5.74) is 2.97. The number of carbonyl (C=O) groups excluding carboxylic acids is 1. The van der Waals surface area contributed by atoms with Crippen LogP contribution in [0.3, 0.4) is 0 Å². The highest BCUT2D eigenvalue weighted by atomic mass is 32.1. The first-order valence-electron chi connectivity index (χ1n) is 8.89. The first-order chi connectivity index (χ1) is 12.8. The zero-order valence-corrected chi connectivity index (χ0v) is 15.7. The Morgan fingerprint density at radius 2 is 2.08 bits per heavy atom. The van der Waals surface area contributed by atoms with Crippen molar-refractivity contribution in [3.63, 3.8) is 0 Å². The first kappa shape index (κ1) is 17.3. The molecule has 1 amide bonds. The predicted molar refractivity (Wildman–Crippen MR) is 102 cm³/mol. The average Bonchev–Trinajstić information content (AvgIpc) is 3.30. The van der Waals surface area contributed by atoms with Gasteiger partial charge in [-0.1, -0.05) is 18.2 Å². The maximum absolute atomic E-state index is 13.1. The summed E-state index contributed by atoms with van der Waals surface area (Å²) in [5, 5.41) is 5.28. The van der Waals surface area contributed by atoms with E-state index in [1.807, 2.05) is 29.2 Å². The van der Waals surface area contributed by atoms with E-state index in [2.05, 4.69) is 16.8 Å². The van der Waals surface area contributed by atoms with E-state index < -0.39 is 0 Å². The molecule has 2 aromatic heterocycles. The Morgan fingerprint density at radius 1 is 1.27 bits per heavy atom. The molecule has 1 fully saturated rings. The van der Waals surface area contributed by atoms with Crippen molar-refractivity contribution in [2.24, 2.45) is 0 Å². The lowest BCUT2D eigenvalue weighted by Gasteiger charge is -2.31. The fraction of sp³-hybridized carbons (Fsp3) is 0.350. The molecule has 1 aromatic carbocycles. The Balaban J connectivity index is 1.48. The molecule has 0 unspecified atom stereocenters. The molecular formula is C20H23N2O3S+. The van der Waals surface area contributed by atoms with Crippen LogP contribution >= 0.6 is 11.3 Å². The van der Waals surface area contributed by atoms with Crippen molar-refractivity contribution < 1.29 is 18.8 Å². The zero-order valence-electron chi connectivity index (χ0n) is 14.9. The van der Waals surface area contributed by atoms with Crippen molar-refractivity contribution in [3.05, 3.63) is 58.0 Å². The number of ether oxygens (including phenoxy) is 1. The largest absolute Gasteiger partial charge is 0.451 e. The summed E-state index contributed by atoms with van der Waals surface area (Å²) in [7, 11) is 1.64. The third-order valence-corrected chi connectivity index (χ3v) is 5.71. The van der Waals surface area contributed by atoms with E-state index in [0.29, 0.717) is 12.4 Å². The smallest absolute Gasteiger partial charge is 0.290 e. The second kappa shape index (κ2) is 7.61. The standard InChI is InChI=1S/C20H22N2O3S/c1-24-13-17-16-4-2-3-5-18(16)25-19(17)20(23)22-9-7-21(8-10-22)12-15-6-11-26-14-15/h2-6,11,14H,7-10,12-13H2,1H3/p+1. The van der Waals surface area contributed by atoms with Gasteiger partial charge < -0.3 is 19.0 Å². The molecule has 3 heterocycles. The lowest BCUT2D eigenvalue weighted by Crippen LogP contribution is -3.13. The summed E-state index contributed by atoms with van der Waals surface area (Å²) in [6.45, 7) is 4.83. The van der Waals surface area contributed by atoms with E-state index in [4.69, 9.17) is 9.15 Å². The molecule has 6 heteroatoms. The third kappa shape index (κ3) is 3.40. The Kier molecular flexibility index (Phi) is 5.06. The second-order valence-electron chi connectivity index (χ2n) is 6.69. The number of amides is 1. The Morgan fingerprint density at radius 3 is 2.81 bits per heavy atom. The molecule has 1 aliphatic rings. The first-order valence-corrected chi connectivity index (χ1v) is 9.84. The Hall–Kier alpha value is -2.15. The van der Waals surface area contributed by atoms with Crippen LogP contribution in [-0.4, -0.2) is 44.1 Å². The number of carbonyl (C=O) groups is 1. The minimum atomic E-state index is -0.0252. The quantitative estimate of drug-likeness (QED) is 0.748. The molecule has 3 aromatic rings. The number of hydrogen-bond acceptors (Lipinski definition) is 4. The van der Waals surface area contributed by atoms with Gasteiger partial charge in [0.15, 0.2) is 5.76 Å². The fourth-order valence-electron chi connectivity index (χ4n) is 3.59. The van der Waals surface area contributed by atoms with Crippen LogP contribution in [0.2, 0.25) is 0 Å². The normalized spacial score (nSPS) is 15.7. The number of nitrogens with one attached hydrogen (secondary N) is 1. The molecular weight excluding hydrogens is 348 g/mol. The van der Waals surface area contributed by atoms with Gasteiger partial charge in [0, 0.05) is 23.6 Å². The van der Waals surface area contributed by atoms with E-state index in [0.717, 1.165) is 49.3 Å². The van der Waals surface area contributed by atoms with Crippen LogP contribution in [0.25, 0.3) is 11.0 Å². The van der Waals surface area contributed by atoms with E-state index in [1.165, 1.54) is 10.5 Å². The van der Waals surface area contributed by atoms with E-state index in [-0.39, 0.29) is 5.91 Å². The van der Waals surface area contributed by atoms with Gasteiger partial charge in [-0.3, -0.25) is 4.79 Å². The van der Waals surface area contributed by atoms with Crippen molar-refractivity contribution in [3.8, 4) is 0 Å². The van der Waals surface area contributed by atoms with Gasteiger partial charge in [-0.05, 0) is 22.9 Å². The zero-order chi connectivity index (χ0) is 17.9. The van der Waals surface area contributed by atoms with Gasteiger partial charge in [-0.15, -0.1) is 0 Å². The van der Waals surface area contributed by atoms with Gasteiger partial charge in [0.05, 0.1) is 32.8 Å². The SMILES string of the molecule is COCc1c(C(=O)N2CC[NH+](Cc3ccsc3)CC2)oc2ccccc12. The second-order valence-corrected chi connectivity index (χ2v) is 7.47. The molecule has 0 radical (unpaired) electrons. The number of thiophene rings is 1. The summed E-state index contributed by atoms with van der Waals surface area (Å²) in [5.74, 6) is 0.400. The molecule has 1 saturated heterocycles. The van der Waals surface area contributed by atoms with Crippen molar-refractivity contribution >= 4 is 28.2 Å². The minimum absolute atomic E-state index is 0.0252. The maximum atomic E-state index is 13.1. The summed E-state index contributed by atoms with van der Waals surface area (Å²) in [6, 6.07) is 9.93. The van der Waals surface area contributed by atoms with Crippen LogP contribution in [0.4, 0.5) is 0 Å². The summed E-state index contributed by atoms with van der Waals surface area (Å²) < 4.78 is 11.2. The molecule has 0 atom stereocenters. The highest BCUT2D eigenvalue weighted by Gasteiger charge is 2.29. The molecule has 26 heavy (non-hydrogen) atoms. The van der Waals surface area contributed by atoms with Crippen LogP contribution in [0, 0.1) is 0 Å². The number of benzene rings is 1. The van der Waals surface area contributed by atoms with Crippen molar-refractivity contribution in [2.75, 3.05) is 33.3 Å². The molecule has 4 rings (SSSR count). The number of methoxy groups -OCH3 is 1. The molecule has 1 N–H and O–H groups in total. The lowest BCUT2D eigenvalue weighted by atomic mass is 10.1. The lowest BCUT2D eigenvalue weighted by molar-refractivity contribution is -0.917. The number of para-hydroxylation sites is 1. The molecule has 0 spiro atoms. The van der Waals surface area contributed by atoms with Crippen LogP contribution in [0.1, 0.15) is 21.7 Å². The number of furan rings is 1. The van der Waals surface area contributed by atoms with Crippen LogP contribution in [-0.2, 0) is 17.9 Å². The Bertz CT molecular complexity index is 880. The van der Waals surface area contributed by atoms with Gasteiger partial charge in [0.25, 0.3) is 5.91 Å². The number of rotatable bonds is 5. The fourth-order valence-corrected chi connectivity index (χ4v) is 4.26. The molecule has 136 valence electrons. The molecule has 0 aliphatic carbocycles. The molecule has 0 saturated carbocycles. The minimum Gasteiger partial charge on any atom is -0.451 e. The molecule has 0 bridgehead atoms. The van der Waals surface area contributed by atoms with E-state index in [9.17, 15) is 4.79 Å². The highest BCUT2D eigenvalue weighted by Crippen LogP contribution is 2.27. The predicted octanol–water partition coefficient (Wildman–Crippen LogP) is 2.18. The van der Waals surface area contributed by atoms with Crippen LogP contribution in [0.15, 0.2) is 45.5 Å². The summed E-state index contributed by atoms with van der Waals surface area (Å²) >= 11 is 1.74. The van der Waals surface area contributed by atoms with Crippen molar-refractivity contribution in [1.82, 2.24) is 4.90 Å². The van der Waals surface area contributed by atoms with Crippen LogP contribution in [0.5, 0.6) is 0 Å². The van der Waals surface area contributed by atoms with Gasteiger partial charge in [-0.25, -0.2) is 0 Å². The monoisotopic (exact) mass is 371 g/mol. The number of piperazine rings is 1.